The SMILES string of the molecule is COC(=O)c1csc(CS(C)(=O)=O)n1. The van der Waals surface area contributed by atoms with Crippen LogP contribution in [0.2, 0.25) is 0 Å². The van der Waals surface area contributed by atoms with Crippen LogP contribution < -0.4 is 0 Å². The monoisotopic (exact) mass is 235 g/mol. The molecule has 0 aromatic carbocycles. The van der Waals surface area contributed by atoms with Gasteiger partial charge in [0.1, 0.15) is 10.8 Å². The maximum atomic E-state index is 11.0. The highest BCUT2D eigenvalue weighted by Gasteiger charge is 2.13. The molecule has 1 aromatic heterocycles. The molecule has 0 saturated heterocycles. The molecule has 0 aliphatic carbocycles. The lowest BCUT2D eigenvalue weighted by Crippen LogP contribution is -2.04. The lowest BCUT2D eigenvalue weighted by molar-refractivity contribution is 0.0594. The molecule has 0 N–H and O–H groups in total. The van der Waals surface area contributed by atoms with Crippen LogP contribution in [0.25, 0.3) is 0 Å². The van der Waals surface area contributed by atoms with E-state index in [4.69, 9.17) is 0 Å². The van der Waals surface area contributed by atoms with Crippen LogP contribution in [-0.2, 0) is 20.3 Å². The molecule has 14 heavy (non-hydrogen) atoms. The molecule has 7 heteroatoms. The molecule has 0 spiro atoms. The number of carbonyl (C=O) groups is 1. The second-order valence-corrected chi connectivity index (χ2v) is 5.77. The second kappa shape index (κ2) is 4.05. The maximum absolute atomic E-state index is 11.0. The number of methoxy groups -OCH3 is 1. The van der Waals surface area contributed by atoms with Gasteiger partial charge in [-0.15, -0.1) is 11.3 Å². The summed E-state index contributed by atoms with van der Waals surface area (Å²) in [5, 5.41) is 1.87. The summed E-state index contributed by atoms with van der Waals surface area (Å²) in [4.78, 5) is 14.8. The number of aromatic nitrogens is 1. The van der Waals surface area contributed by atoms with Gasteiger partial charge in [-0.05, 0) is 0 Å². The number of esters is 1. The number of thiazole rings is 1. The van der Waals surface area contributed by atoms with Crippen molar-refractivity contribution in [3.8, 4) is 0 Å². The molecule has 1 aromatic rings. The third-order valence-corrected chi connectivity index (χ3v) is 3.16. The van der Waals surface area contributed by atoms with E-state index < -0.39 is 15.8 Å². The molecule has 0 unspecified atom stereocenters. The first-order chi connectivity index (χ1) is 6.42. The summed E-state index contributed by atoms with van der Waals surface area (Å²) in [7, 11) is -1.85. The predicted octanol–water partition coefficient (Wildman–Crippen LogP) is 0.474. The molecular formula is C7H9NO4S2. The van der Waals surface area contributed by atoms with Crippen LogP contribution in [0, 0.1) is 0 Å². The molecule has 0 aliphatic heterocycles. The summed E-state index contributed by atoms with van der Waals surface area (Å²) in [5.41, 5.74) is 0.149. The fraction of sp³-hybridized carbons (Fsp3) is 0.429. The fourth-order valence-electron chi connectivity index (χ4n) is 0.800. The van der Waals surface area contributed by atoms with Gasteiger partial charge in [0.15, 0.2) is 15.5 Å². The highest BCUT2D eigenvalue weighted by molar-refractivity contribution is 7.90. The van der Waals surface area contributed by atoms with Crippen LogP contribution in [0.1, 0.15) is 15.5 Å². The van der Waals surface area contributed by atoms with Gasteiger partial charge in [-0.1, -0.05) is 0 Å². The first kappa shape index (κ1) is 11.1. The van der Waals surface area contributed by atoms with E-state index in [1.54, 1.807) is 0 Å². The summed E-state index contributed by atoms with van der Waals surface area (Å²) >= 11 is 1.13. The normalized spacial score (nSPS) is 11.3. The Balaban J connectivity index is 2.84. The average molecular weight is 235 g/mol. The highest BCUT2D eigenvalue weighted by atomic mass is 32.2. The van der Waals surface area contributed by atoms with Crippen molar-refractivity contribution < 1.29 is 17.9 Å². The van der Waals surface area contributed by atoms with E-state index in [2.05, 4.69) is 9.72 Å². The Labute approximate surface area is 85.7 Å². The van der Waals surface area contributed by atoms with Crippen LogP contribution in [0.5, 0.6) is 0 Å². The number of hydrogen-bond acceptors (Lipinski definition) is 6. The summed E-state index contributed by atoms with van der Waals surface area (Å²) in [6.07, 6.45) is 1.12. The number of rotatable bonds is 3. The van der Waals surface area contributed by atoms with E-state index >= 15 is 0 Å². The zero-order valence-electron chi connectivity index (χ0n) is 7.68. The Bertz CT molecular complexity index is 434. The Morgan fingerprint density at radius 3 is 2.79 bits per heavy atom. The predicted molar refractivity (Wildman–Crippen MR) is 52.0 cm³/mol. The van der Waals surface area contributed by atoms with Crippen molar-refractivity contribution in [2.45, 2.75) is 5.75 Å². The minimum atomic E-state index is -3.10. The van der Waals surface area contributed by atoms with Crippen LogP contribution in [-0.4, -0.2) is 32.7 Å². The number of sulfone groups is 1. The smallest absolute Gasteiger partial charge is 0.357 e. The second-order valence-electron chi connectivity index (χ2n) is 2.69. The molecule has 5 nitrogen and oxygen atoms in total. The standard InChI is InChI=1S/C7H9NO4S2/c1-12-7(9)5-3-13-6(8-5)4-14(2,10)11/h3H,4H2,1-2H3. The van der Waals surface area contributed by atoms with Crippen LogP contribution >= 0.6 is 11.3 Å². The van der Waals surface area contributed by atoms with Gasteiger partial charge >= 0.3 is 5.97 Å². The lowest BCUT2D eigenvalue weighted by atomic mass is 10.5. The molecule has 0 bridgehead atoms. The van der Waals surface area contributed by atoms with Gasteiger partial charge in [-0.3, -0.25) is 0 Å². The van der Waals surface area contributed by atoms with Crippen molar-refractivity contribution in [2.24, 2.45) is 0 Å². The Kier molecular flexibility index (Phi) is 3.22. The molecule has 78 valence electrons. The van der Waals surface area contributed by atoms with Gasteiger partial charge in [-0.25, -0.2) is 18.2 Å². The van der Waals surface area contributed by atoms with Gasteiger partial charge in [0.25, 0.3) is 0 Å². The van der Waals surface area contributed by atoms with E-state index in [0.29, 0.717) is 5.01 Å². The van der Waals surface area contributed by atoms with Gasteiger partial charge in [-0.2, -0.15) is 0 Å². The molecule has 1 heterocycles. The van der Waals surface area contributed by atoms with Crippen molar-refractivity contribution in [1.29, 1.82) is 0 Å². The minimum absolute atomic E-state index is 0.144. The fourth-order valence-corrected chi connectivity index (χ4v) is 2.77. The van der Waals surface area contributed by atoms with Crippen molar-refractivity contribution in [2.75, 3.05) is 13.4 Å². The van der Waals surface area contributed by atoms with E-state index in [1.165, 1.54) is 12.5 Å². The number of hydrogen-bond donors (Lipinski definition) is 0. The van der Waals surface area contributed by atoms with Crippen LogP contribution in [0.3, 0.4) is 0 Å². The Hall–Kier alpha value is -0.950. The van der Waals surface area contributed by atoms with E-state index in [9.17, 15) is 13.2 Å². The van der Waals surface area contributed by atoms with Gasteiger partial charge < -0.3 is 4.74 Å². The van der Waals surface area contributed by atoms with Gasteiger partial charge in [0.05, 0.1) is 7.11 Å². The molecular weight excluding hydrogens is 226 g/mol. The Morgan fingerprint density at radius 1 is 1.64 bits per heavy atom. The molecule has 0 amide bonds. The first-order valence-corrected chi connectivity index (χ1v) is 6.57. The molecule has 1 rings (SSSR count). The average Bonchev–Trinajstić information content (AvgIpc) is 2.48. The number of carbonyl (C=O) groups excluding carboxylic acids is 1. The van der Waals surface area contributed by atoms with Gasteiger partial charge in [0, 0.05) is 11.6 Å². The van der Waals surface area contributed by atoms with E-state index in [1.807, 2.05) is 0 Å². The summed E-state index contributed by atoms with van der Waals surface area (Å²) < 4.78 is 26.2. The third-order valence-electron chi connectivity index (χ3n) is 1.33. The maximum Gasteiger partial charge on any atom is 0.357 e. The summed E-state index contributed by atoms with van der Waals surface area (Å²) in [5.74, 6) is -0.699. The number of nitrogens with zero attached hydrogens (tertiary/aromatic N) is 1. The molecule has 0 saturated carbocycles. The lowest BCUT2D eigenvalue weighted by Gasteiger charge is -1.92. The molecule has 0 fully saturated rings. The largest absolute Gasteiger partial charge is 0.464 e. The third kappa shape index (κ3) is 3.08. The van der Waals surface area contributed by atoms with Crippen molar-refractivity contribution in [3.63, 3.8) is 0 Å². The zero-order chi connectivity index (χ0) is 10.8. The van der Waals surface area contributed by atoms with Crippen molar-refractivity contribution in [1.82, 2.24) is 4.98 Å². The molecule has 0 atom stereocenters. The van der Waals surface area contributed by atoms with E-state index in [0.717, 1.165) is 17.6 Å². The van der Waals surface area contributed by atoms with Crippen LogP contribution in [0.4, 0.5) is 0 Å². The quantitative estimate of drug-likeness (QED) is 0.712. The minimum Gasteiger partial charge on any atom is -0.464 e. The molecule has 0 aliphatic rings. The Morgan fingerprint density at radius 2 is 2.29 bits per heavy atom. The van der Waals surface area contributed by atoms with Crippen molar-refractivity contribution in [3.05, 3.63) is 16.1 Å². The summed E-state index contributed by atoms with van der Waals surface area (Å²) in [6.45, 7) is 0. The topological polar surface area (TPSA) is 73.3 Å². The summed E-state index contributed by atoms with van der Waals surface area (Å²) in [6, 6.07) is 0. The molecule has 0 radical (unpaired) electrons. The van der Waals surface area contributed by atoms with Crippen LogP contribution in [0.15, 0.2) is 5.38 Å². The highest BCUT2D eigenvalue weighted by Crippen LogP contribution is 2.13. The first-order valence-electron chi connectivity index (χ1n) is 3.63. The van der Waals surface area contributed by atoms with Gasteiger partial charge in [0.2, 0.25) is 0 Å². The zero-order valence-corrected chi connectivity index (χ0v) is 9.31. The number of ether oxygens (including phenoxy) is 1. The van der Waals surface area contributed by atoms with E-state index in [-0.39, 0.29) is 11.4 Å². The van der Waals surface area contributed by atoms with Crippen molar-refractivity contribution >= 4 is 27.1 Å².